The smallest absolute Gasteiger partial charge is 0.222 e. The molecule has 142 valence electrons. The number of amides is 1. The third kappa shape index (κ3) is 3.92. The van der Waals surface area contributed by atoms with E-state index < -0.39 is 0 Å². The molecule has 4 heterocycles. The summed E-state index contributed by atoms with van der Waals surface area (Å²) < 4.78 is 5.48. The van der Waals surface area contributed by atoms with Gasteiger partial charge in [0, 0.05) is 51.2 Å². The second-order valence-electron chi connectivity index (χ2n) is 7.77. The lowest BCUT2D eigenvalue weighted by Crippen LogP contribution is -2.36. The van der Waals surface area contributed by atoms with Gasteiger partial charge in [0.25, 0.3) is 0 Å². The van der Waals surface area contributed by atoms with Crippen LogP contribution in [0.3, 0.4) is 0 Å². The van der Waals surface area contributed by atoms with Crippen molar-refractivity contribution in [3.63, 3.8) is 0 Å². The number of aromatic nitrogens is 2. The van der Waals surface area contributed by atoms with E-state index in [-0.39, 0.29) is 0 Å². The molecule has 0 saturated carbocycles. The van der Waals surface area contributed by atoms with Crippen molar-refractivity contribution in [2.24, 2.45) is 5.92 Å². The first-order chi connectivity index (χ1) is 12.7. The summed E-state index contributed by atoms with van der Waals surface area (Å²) in [5, 5.41) is 0. The summed E-state index contributed by atoms with van der Waals surface area (Å²) in [4.78, 5) is 25.0. The highest BCUT2D eigenvalue weighted by molar-refractivity contribution is 5.78. The number of nitrogens with zero attached hydrogens (tertiary/aromatic N) is 4. The topological polar surface area (TPSA) is 84.6 Å². The molecule has 1 unspecified atom stereocenters. The predicted molar refractivity (Wildman–Crippen MR) is 100.0 cm³/mol. The molecule has 3 aliphatic rings. The number of hydrogen-bond acceptors (Lipinski definition) is 6. The fraction of sp³-hybridized carbons (Fsp3) is 0.737. The van der Waals surface area contributed by atoms with Crippen molar-refractivity contribution in [3.05, 3.63) is 11.8 Å². The van der Waals surface area contributed by atoms with Gasteiger partial charge in [0.15, 0.2) is 0 Å². The maximum Gasteiger partial charge on any atom is 0.222 e. The lowest BCUT2D eigenvalue weighted by atomic mass is 9.93. The predicted octanol–water partition coefficient (Wildman–Crippen LogP) is 1.79. The van der Waals surface area contributed by atoms with E-state index in [0.29, 0.717) is 23.7 Å². The summed E-state index contributed by atoms with van der Waals surface area (Å²) in [6.07, 6.45) is 6.19. The molecule has 26 heavy (non-hydrogen) atoms. The molecule has 0 radical (unpaired) electrons. The summed E-state index contributed by atoms with van der Waals surface area (Å²) in [7, 11) is 0. The summed E-state index contributed by atoms with van der Waals surface area (Å²) in [6, 6.07) is 2.10. The molecule has 3 fully saturated rings. The Morgan fingerprint density at radius 2 is 2.04 bits per heavy atom. The maximum absolute atomic E-state index is 11.7. The highest BCUT2D eigenvalue weighted by atomic mass is 16.5. The molecule has 0 spiro atoms. The van der Waals surface area contributed by atoms with Gasteiger partial charge in [0.2, 0.25) is 11.9 Å². The van der Waals surface area contributed by atoms with Gasteiger partial charge in [-0.2, -0.15) is 4.98 Å². The van der Waals surface area contributed by atoms with Gasteiger partial charge < -0.3 is 20.3 Å². The number of anilines is 2. The first-order valence-corrected chi connectivity index (χ1v) is 9.94. The molecule has 1 aromatic heterocycles. The molecule has 7 nitrogen and oxygen atoms in total. The van der Waals surface area contributed by atoms with Gasteiger partial charge in [-0.1, -0.05) is 0 Å². The standard InChI is InChI=1S/C19H29N5O2/c20-19-21-16(15-6-11-26-13-15)12-17(22-19)23-8-3-14(4-9-23)5-10-24-7-1-2-18(24)25/h12,14-15H,1-11,13H2,(H2,20,21,22). The van der Waals surface area contributed by atoms with Gasteiger partial charge in [-0.3, -0.25) is 4.79 Å². The van der Waals surface area contributed by atoms with Gasteiger partial charge in [-0.15, -0.1) is 0 Å². The summed E-state index contributed by atoms with van der Waals surface area (Å²) in [5.74, 6) is 2.69. The van der Waals surface area contributed by atoms with Crippen LogP contribution in [0.4, 0.5) is 11.8 Å². The van der Waals surface area contributed by atoms with E-state index in [1.165, 1.54) is 0 Å². The van der Waals surface area contributed by atoms with Gasteiger partial charge in [-0.05, 0) is 38.0 Å². The maximum atomic E-state index is 11.7. The average Bonchev–Trinajstić information content (AvgIpc) is 3.32. The molecule has 7 heteroatoms. The zero-order valence-corrected chi connectivity index (χ0v) is 15.4. The fourth-order valence-electron chi connectivity index (χ4n) is 4.34. The Morgan fingerprint density at radius 3 is 2.73 bits per heavy atom. The number of likely N-dealkylation sites (tertiary alicyclic amines) is 1. The van der Waals surface area contributed by atoms with E-state index in [2.05, 4.69) is 20.9 Å². The Bertz CT molecular complexity index is 639. The normalized spacial score (nSPS) is 24.6. The third-order valence-electron chi connectivity index (χ3n) is 6.01. The van der Waals surface area contributed by atoms with Gasteiger partial charge >= 0.3 is 0 Å². The fourth-order valence-corrected chi connectivity index (χ4v) is 4.34. The van der Waals surface area contributed by atoms with E-state index in [0.717, 1.165) is 89.4 Å². The Kier molecular flexibility index (Phi) is 5.24. The summed E-state index contributed by atoms with van der Waals surface area (Å²) in [6.45, 7) is 5.40. The molecule has 3 aliphatic heterocycles. The number of carbonyl (C=O) groups excluding carboxylic acids is 1. The van der Waals surface area contributed by atoms with Crippen LogP contribution in [0.2, 0.25) is 0 Å². The number of nitrogens with two attached hydrogens (primary N) is 1. The number of rotatable bonds is 5. The molecule has 1 atom stereocenters. The number of carbonyl (C=O) groups is 1. The molecule has 4 rings (SSSR count). The SMILES string of the molecule is Nc1nc(C2CCOC2)cc(N2CCC(CCN3CCCC3=O)CC2)n1. The molecular weight excluding hydrogens is 330 g/mol. The lowest BCUT2D eigenvalue weighted by Gasteiger charge is -2.33. The van der Waals surface area contributed by atoms with Crippen molar-refractivity contribution >= 4 is 17.7 Å². The number of nitrogen functional groups attached to an aromatic ring is 1. The van der Waals surface area contributed by atoms with Crippen LogP contribution in [0.25, 0.3) is 0 Å². The summed E-state index contributed by atoms with van der Waals surface area (Å²) >= 11 is 0. The van der Waals surface area contributed by atoms with Crippen LogP contribution in [-0.2, 0) is 9.53 Å². The van der Waals surface area contributed by atoms with Crippen molar-refractivity contribution in [1.29, 1.82) is 0 Å². The minimum absolute atomic E-state index is 0.335. The largest absolute Gasteiger partial charge is 0.381 e. The van der Waals surface area contributed by atoms with E-state index in [1.807, 2.05) is 4.90 Å². The second-order valence-corrected chi connectivity index (χ2v) is 7.77. The summed E-state index contributed by atoms with van der Waals surface area (Å²) in [5.41, 5.74) is 6.98. The van der Waals surface area contributed by atoms with Crippen LogP contribution in [0.1, 0.15) is 50.1 Å². The van der Waals surface area contributed by atoms with Crippen LogP contribution in [-0.4, -0.2) is 60.2 Å². The van der Waals surface area contributed by atoms with Crippen molar-refractivity contribution in [2.75, 3.05) is 50.0 Å². The zero-order chi connectivity index (χ0) is 17.9. The van der Waals surface area contributed by atoms with E-state index >= 15 is 0 Å². The Labute approximate surface area is 154 Å². The Balaban J connectivity index is 1.32. The van der Waals surface area contributed by atoms with Gasteiger partial charge in [-0.25, -0.2) is 4.98 Å². The van der Waals surface area contributed by atoms with Crippen molar-refractivity contribution in [2.45, 2.75) is 44.4 Å². The minimum Gasteiger partial charge on any atom is -0.381 e. The highest BCUT2D eigenvalue weighted by Gasteiger charge is 2.26. The second kappa shape index (κ2) is 7.78. The first kappa shape index (κ1) is 17.5. The van der Waals surface area contributed by atoms with Crippen LogP contribution in [0.15, 0.2) is 6.07 Å². The Morgan fingerprint density at radius 1 is 1.19 bits per heavy atom. The molecule has 0 bridgehead atoms. The molecule has 1 aromatic rings. The number of hydrogen-bond donors (Lipinski definition) is 1. The first-order valence-electron chi connectivity index (χ1n) is 9.94. The number of piperidine rings is 1. The van der Waals surface area contributed by atoms with Crippen LogP contribution >= 0.6 is 0 Å². The highest BCUT2D eigenvalue weighted by Crippen LogP contribution is 2.29. The lowest BCUT2D eigenvalue weighted by molar-refractivity contribution is -0.127. The molecule has 0 aliphatic carbocycles. The van der Waals surface area contributed by atoms with Crippen LogP contribution in [0, 0.1) is 5.92 Å². The van der Waals surface area contributed by atoms with E-state index in [4.69, 9.17) is 10.5 Å². The van der Waals surface area contributed by atoms with Crippen molar-refractivity contribution in [3.8, 4) is 0 Å². The molecule has 2 N–H and O–H groups in total. The average molecular weight is 359 g/mol. The molecular formula is C19H29N5O2. The quantitative estimate of drug-likeness (QED) is 0.863. The van der Waals surface area contributed by atoms with Crippen LogP contribution in [0.5, 0.6) is 0 Å². The van der Waals surface area contributed by atoms with E-state index in [1.54, 1.807) is 0 Å². The van der Waals surface area contributed by atoms with Gasteiger partial charge in [0.05, 0.1) is 12.3 Å². The zero-order valence-electron chi connectivity index (χ0n) is 15.4. The third-order valence-corrected chi connectivity index (χ3v) is 6.01. The molecule has 3 saturated heterocycles. The molecule has 0 aromatic carbocycles. The van der Waals surface area contributed by atoms with Crippen molar-refractivity contribution in [1.82, 2.24) is 14.9 Å². The van der Waals surface area contributed by atoms with E-state index in [9.17, 15) is 4.79 Å². The monoisotopic (exact) mass is 359 g/mol. The van der Waals surface area contributed by atoms with Crippen LogP contribution < -0.4 is 10.6 Å². The van der Waals surface area contributed by atoms with Gasteiger partial charge in [0.1, 0.15) is 5.82 Å². The number of ether oxygens (including phenoxy) is 1. The Hall–Kier alpha value is -1.89. The minimum atomic E-state index is 0.335. The molecule has 1 amide bonds. The van der Waals surface area contributed by atoms with Crippen molar-refractivity contribution < 1.29 is 9.53 Å².